The van der Waals surface area contributed by atoms with Crippen molar-refractivity contribution in [3.8, 4) is 0 Å². The zero-order chi connectivity index (χ0) is 17.2. The molecule has 0 aliphatic carbocycles. The number of hydrogen-bond acceptors (Lipinski definition) is 5. The number of carboxylic acid groups (broad SMARTS) is 1. The predicted molar refractivity (Wildman–Crippen MR) is 88.5 cm³/mol. The number of amides is 1. The van der Waals surface area contributed by atoms with Gasteiger partial charge in [0.05, 0.1) is 5.41 Å². The van der Waals surface area contributed by atoms with Crippen molar-refractivity contribution < 1.29 is 14.7 Å². The number of aromatic nitrogens is 2. The normalized spacial score (nSPS) is 20.8. The molecule has 6 nitrogen and oxygen atoms in total. The Morgan fingerprint density at radius 1 is 1.30 bits per heavy atom. The van der Waals surface area contributed by atoms with E-state index in [-0.39, 0.29) is 5.91 Å². The van der Waals surface area contributed by atoms with Gasteiger partial charge in [-0.3, -0.25) is 9.59 Å². The Kier molecular flexibility index (Phi) is 5.29. The molecule has 0 saturated carbocycles. The Balaban J connectivity index is 1.99. The van der Waals surface area contributed by atoms with Crippen molar-refractivity contribution in [3.05, 3.63) is 17.0 Å². The van der Waals surface area contributed by atoms with Gasteiger partial charge >= 0.3 is 5.97 Å². The Hall–Kier alpha value is -1.63. The molecule has 1 saturated heterocycles. The van der Waals surface area contributed by atoms with Gasteiger partial charge in [0.1, 0.15) is 0 Å². The molecule has 0 bridgehead atoms. The molecule has 23 heavy (non-hydrogen) atoms. The fourth-order valence-corrected chi connectivity index (χ4v) is 3.36. The van der Waals surface area contributed by atoms with Gasteiger partial charge in [0.2, 0.25) is 5.91 Å². The van der Waals surface area contributed by atoms with Crippen molar-refractivity contribution in [2.45, 2.75) is 45.2 Å². The van der Waals surface area contributed by atoms with Crippen molar-refractivity contribution in [2.75, 3.05) is 19.3 Å². The van der Waals surface area contributed by atoms with Crippen LogP contribution in [0.3, 0.4) is 0 Å². The number of carboxylic acids is 1. The molecule has 7 heteroatoms. The summed E-state index contributed by atoms with van der Waals surface area (Å²) >= 11 is 1.50. The number of aliphatic carboxylic acids is 1. The number of carbonyl (C=O) groups excluding carboxylic acids is 1. The second-order valence-corrected chi connectivity index (χ2v) is 7.06. The minimum absolute atomic E-state index is 0.00252. The molecule has 1 fully saturated rings. The summed E-state index contributed by atoms with van der Waals surface area (Å²) < 4.78 is 0. The lowest BCUT2D eigenvalue weighted by Gasteiger charge is -2.20. The number of rotatable bonds is 5. The van der Waals surface area contributed by atoms with Gasteiger partial charge in [0.25, 0.3) is 0 Å². The molecule has 2 heterocycles. The lowest BCUT2D eigenvalue weighted by Crippen LogP contribution is -2.35. The molecule has 1 amide bonds. The van der Waals surface area contributed by atoms with Crippen LogP contribution in [0.4, 0.5) is 0 Å². The standard InChI is InChI=1S/C16H23N3O3S/c1-10-12(11(2)18-15(17-10)23-4)5-6-13(20)19-8-7-16(3,9-19)14(21)22/h5-9H2,1-4H3,(H,21,22). The van der Waals surface area contributed by atoms with Gasteiger partial charge in [-0.15, -0.1) is 0 Å². The average molecular weight is 337 g/mol. The maximum atomic E-state index is 12.4. The summed E-state index contributed by atoms with van der Waals surface area (Å²) in [5.74, 6) is -0.830. The van der Waals surface area contributed by atoms with E-state index < -0.39 is 11.4 Å². The van der Waals surface area contributed by atoms with Crippen molar-refractivity contribution in [1.82, 2.24) is 14.9 Å². The van der Waals surface area contributed by atoms with Crippen LogP contribution in [-0.2, 0) is 16.0 Å². The summed E-state index contributed by atoms with van der Waals surface area (Å²) in [6, 6.07) is 0. The number of likely N-dealkylation sites (tertiary alicyclic amines) is 1. The third-order valence-electron chi connectivity index (χ3n) is 4.51. The topological polar surface area (TPSA) is 83.4 Å². The second-order valence-electron chi connectivity index (χ2n) is 6.29. The third-order valence-corrected chi connectivity index (χ3v) is 5.06. The first-order valence-electron chi connectivity index (χ1n) is 7.66. The number of aryl methyl sites for hydroxylation is 2. The van der Waals surface area contributed by atoms with Gasteiger partial charge in [-0.05, 0) is 45.4 Å². The van der Waals surface area contributed by atoms with Crippen LogP contribution in [0.2, 0.25) is 0 Å². The molecule has 0 spiro atoms. The van der Waals surface area contributed by atoms with E-state index in [2.05, 4.69) is 9.97 Å². The summed E-state index contributed by atoms with van der Waals surface area (Å²) in [7, 11) is 0. The minimum Gasteiger partial charge on any atom is -0.481 e. The van der Waals surface area contributed by atoms with Crippen LogP contribution in [0.15, 0.2) is 5.16 Å². The minimum atomic E-state index is -0.833. The van der Waals surface area contributed by atoms with Gasteiger partial charge in [-0.1, -0.05) is 11.8 Å². The van der Waals surface area contributed by atoms with Crippen molar-refractivity contribution >= 4 is 23.6 Å². The average Bonchev–Trinajstić information content (AvgIpc) is 2.90. The van der Waals surface area contributed by atoms with E-state index in [1.807, 2.05) is 20.1 Å². The van der Waals surface area contributed by atoms with E-state index in [9.17, 15) is 14.7 Å². The molecule has 2 rings (SSSR count). The molecule has 1 aromatic heterocycles. The van der Waals surface area contributed by atoms with Crippen LogP contribution in [-0.4, -0.2) is 51.2 Å². The Morgan fingerprint density at radius 2 is 1.91 bits per heavy atom. The number of nitrogens with zero attached hydrogens (tertiary/aromatic N) is 3. The van der Waals surface area contributed by atoms with Gasteiger partial charge in [-0.25, -0.2) is 9.97 Å². The van der Waals surface area contributed by atoms with Crippen molar-refractivity contribution in [2.24, 2.45) is 5.41 Å². The molecule has 1 aliphatic rings. The molecule has 1 atom stereocenters. The van der Waals surface area contributed by atoms with Crippen LogP contribution < -0.4 is 0 Å². The zero-order valence-corrected chi connectivity index (χ0v) is 14.9. The Bertz CT molecular complexity index is 612. The third kappa shape index (κ3) is 3.83. The summed E-state index contributed by atoms with van der Waals surface area (Å²) in [4.78, 5) is 34.1. The SMILES string of the molecule is CSc1nc(C)c(CCC(=O)N2CCC(C)(C(=O)O)C2)c(C)n1. The van der Waals surface area contributed by atoms with Gasteiger partial charge < -0.3 is 10.0 Å². The van der Waals surface area contributed by atoms with Crippen molar-refractivity contribution in [1.29, 1.82) is 0 Å². The molecule has 126 valence electrons. The van der Waals surface area contributed by atoms with Crippen LogP contribution in [0.5, 0.6) is 0 Å². The van der Waals surface area contributed by atoms with E-state index in [0.29, 0.717) is 32.4 Å². The molecular formula is C16H23N3O3S. The smallest absolute Gasteiger partial charge is 0.311 e. The maximum absolute atomic E-state index is 12.4. The number of hydrogen-bond donors (Lipinski definition) is 1. The second kappa shape index (κ2) is 6.86. The van der Waals surface area contributed by atoms with Crippen LogP contribution >= 0.6 is 11.8 Å². The van der Waals surface area contributed by atoms with E-state index in [0.717, 1.165) is 22.1 Å². The first-order chi connectivity index (χ1) is 10.8. The zero-order valence-electron chi connectivity index (χ0n) is 14.0. The van der Waals surface area contributed by atoms with Crippen LogP contribution in [0, 0.1) is 19.3 Å². The van der Waals surface area contributed by atoms with E-state index in [1.54, 1.807) is 11.8 Å². The first kappa shape index (κ1) is 17.7. The molecular weight excluding hydrogens is 314 g/mol. The van der Waals surface area contributed by atoms with E-state index in [4.69, 9.17) is 0 Å². The lowest BCUT2D eigenvalue weighted by molar-refractivity contribution is -0.147. The monoisotopic (exact) mass is 337 g/mol. The fraction of sp³-hybridized carbons (Fsp3) is 0.625. The molecule has 1 N–H and O–H groups in total. The molecule has 0 radical (unpaired) electrons. The maximum Gasteiger partial charge on any atom is 0.311 e. The summed E-state index contributed by atoms with van der Waals surface area (Å²) in [5.41, 5.74) is 2.01. The lowest BCUT2D eigenvalue weighted by atomic mass is 9.90. The summed E-state index contributed by atoms with van der Waals surface area (Å²) in [5, 5.41) is 9.99. The molecule has 1 unspecified atom stereocenters. The highest BCUT2D eigenvalue weighted by atomic mass is 32.2. The van der Waals surface area contributed by atoms with Crippen LogP contribution in [0.25, 0.3) is 0 Å². The molecule has 1 aromatic rings. The van der Waals surface area contributed by atoms with Gasteiger partial charge in [0.15, 0.2) is 5.16 Å². The van der Waals surface area contributed by atoms with Gasteiger partial charge in [-0.2, -0.15) is 0 Å². The Labute approximate surface area is 140 Å². The first-order valence-corrected chi connectivity index (χ1v) is 8.88. The summed E-state index contributed by atoms with van der Waals surface area (Å²) in [6.45, 7) is 6.38. The predicted octanol–water partition coefficient (Wildman–Crippen LogP) is 2.07. The van der Waals surface area contributed by atoms with E-state index >= 15 is 0 Å². The number of carbonyl (C=O) groups is 2. The molecule has 0 aromatic carbocycles. The van der Waals surface area contributed by atoms with E-state index in [1.165, 1.54) is 11.8 Å². The van der Waals surface area contributed by atoms with Gasteiger partial charge in [0, 0.05) is 30.9 Å². The summed E-state index contributed by atoms with van der Waals surface area (Å²) in [6.07, 6.45) is 3.40. The number of thioether (sulfide) groups is 1. The quantitative estimate of drug-likeness (QED) is 0.654. The largest absolute Gasteiger partial charge is 0.481 e. The highest BCUT2D eigenvalue weighted by Gasteiger charge is 2.41. The highest BCUT2D eigenvalue weighted by molar-refractivity contribution is 7.98. The van der Waals surface area contributed by atoms with Crippen molar-refractivity contribution in [3.63, 3.8) is 0 Å². The Morgan fingerprint density at radius 3 is 2.39 bits per heavy atom. The fourth-order valence-electron chi connectivity index (χ4n) is 2.90. The van der Waals surface area contributed by atoms with Crippen LogP contribution in [0.1, 0.15) is 36.7 Å². The molecule has 1 aliphatic heterocycles. The highest BCUT2D eigenvalue weighted by Crippen LogP contribution is 2.30.